The number of nitrogens with one attached hydrogen (secondary N) is 3. The highest BCUT2D eigenvalue weighted by atomic mass is 32.7. The Morgan fingerprint density at radius 2 is 0.676 bits per heavy atom. The van der Waals surface area contributed by atoms with Crippen molar-refractivity contribution in [3.63, 3.8) is 0 Å². The quantitative estimate of drug-likeness (QED) is 0.0107. The van der Waals surface area contributed by atoms with E-state index in [1.165, 1.54) is 82.6 Å². The van der Waals surface area contributed by atoms with E-state index in [-0.39, 0.29) is 104 Å². The summed E-state index contributed by atoms with van der Waals surface area (Å²) in [4.78, 5) is 198. The van der Waals surface area contributed by atoms with E-state index in [1.54, 1.807) is 13.8 Å². The molecule has 58 nitrogen and oxygen atoms in total. The van der Waals surface area contributed by atoms with Gasteiger partial charge in [0.05, 0.1) is 111 Å². The molecule has 10 N–H and O–H groups in total. The molecule has 142 heavy (non-hydrogen) atoms. The Kier molecular flexibility index (Phi) is 39.7. The van der Waals surface area contributed by atoms with Gasteiger partial charge in [-0.3, -0.25) is 70.4 Å². The summed E-state index contributed by atoms with van der Waals surface area (Å²) < 4.78 is 204. The van der Waals surface area contributed by atoms with Crippen LogP contribution >= 0.6 is 35.9 Å². The lowest BCUT2D eigenvalue weighted by molar-refractivity contribution is -0.241. The Labute approximate surface area is 820 Å². The monoisotopic (exact) mass is 2170 g/mol. The maximum Gasteiger partial charge on any atom is 0.351 e. The first-order chi connectivity index (χ1) is 67.1. The van der Waals surface area contributed by atoms with Crippen LogP contribution < -0.4 is 87.6 Å². The molecule has 28 atom stereocenters. The zero-order valence-electron chi connectivity index (χ0n) is 78.1. The summed E-state index contributed by atoms with van der Waals surface area (Å²) in [5, 5.41) is 11.8. The zero-order valence-corrected chi connectivity index (χ0v) is 85.0. The second-order valence-corrected chi connectivity index (χ2v) is 43.6. The van der Waals surface area contributed by atoms with Crippen molar-refractivity contribution in [2.45, 2.75) is 202 Å². The van der Waals surface area contributed by atoms with Crippen LogP contribution in [0.4, 0.5) is 17.5 Å². The van der Waals surface area contributed by atoms with Crippen LogP contribution in [0.1, 0.15) is 90.5 Å². The van der Waals surface area contributed by atoms with Crippen LogP contribution in [-0.4, -0.2) is 301 Å². The zero-order chi connectivity index (χ0) is 104. The Hall–Kier alpha value is -6.82. The molecule has 0 radical (unpaired) electrons. The van der Waals surface area contributed by atoms with E-state index in [0.717, 1.165) is 52.2 Å². The molecular formula is C76H109N15O43P5S3-5. The number of H-pyrrole nitrogens is 3. The molecule has 12 rings (SSSR count). The van der Waals surface area contributed by atoms with Crippen LogP contribution in [-0.2, 0) is 171 Å². The third kappa shape index (κ3) is 28.2. The average Bonchev–Trinajstić information content (AvgIpc) is 1.62. The van der Waals surface area contributed by atoms with Gasteiger partial charge >= 0.3 is 34.1 Å². The number of methoxy groups -OCH3 is 5. The fourth-order valence-corrected chi connectivity index (χ4v) is 22.0. The highest BCUT2D eigenvalue weighted by Crippen LogP contribution is 2.56. The van der Waals surface area contributed by atoms with E-state index >= 15 is 14.0 Å². The first-order valence-electron chi connectivity index (χ1n) is 43.5. The maximum atomic E-state index is 15.5. The third-order valence-corrected chi connectivity index (χ3v) is 29.5. The molecule has 0 aliphatic carbocycles. The van der Waals surface area contributed by atoms with Crippen molar-refractivity contribution < 1.29 is 159 Å². The first-order valence-corrected chi connectivity index (χ1v) is 54.1. The smallest absolute Gasteiger partial charge is 0.351 e. The molecule has 0 saturated carbocycles. The predicted octanol–water partition coefficient (Wildman–Crippen LogP) is -4.52. The van der Waals surface area contributed by atoms with Crippen molar-refractivity contribution in [2.24, 2.45) is 0 Å². The van der Waals surface area contributed by atoms with Crippen molar-refractivity contribution in [3.8, 4) is 0 Å². The van der Waals surface area contributed by atoms with Gasteiger partial charge in [0.25, 0.3) is 32.3 Å². The normalized spacial score (nSPS) is 29.4. The predicted molar refractivity (Wildman–Crippen MR) is 486 cm³/mol. The van der Waals surface area contributed by atoms with Crippen molar-refractivity contribution in [1.29, 1.82) is 0 Å². The number of aliphatic hydroxyl groups is 1. The van der Waals surface area contributed by atoms with Crippen LogP contribution in [0, 0.1) is 41.5 Å². The molecule has 6 aliphatic heterocycles. The lowest BCUT2D eigenvalue weighted by Crippen LogP contribution is -2.43. The molecule has 0 amide bonds. The van der Waals surface area contributed by atoms with Gasteiger partial charge in [0.2, 0.25) is 0 Å². The van der Waals surface area contributed by atoms with Gasteiger partial charge in [-0.15, -0.1) is 0 Å². The van der Waals surface area contributed by atoms with Gasteiger partial charge in [-0.05, 0) is 48.0 Å². The lowest BCUT2D eigenvalue weighted by Gasteiger charge is -2.36. The van der Waals surface area contributed by atoms with Gasteiger partial charge in [0.1, 0.15) is 129 Å². The molecule has 10 unspecified atom stereocenters. The number of nitrogens with two attached hydrogens (primary N) is 3. The minimum atomic E-state index is -6.25. The number of aryl methyl sites for hydroxylation is 6. The molecule has 0 spiro atoms. The molecule has 66 heteroatoms. The van der Waals surface area contributed by atoms with E-state index in [0.29, 0.717) is 5.56 Å². The number of nitrogen functional groups attached to an aromatic ring is 3. The Balaban J connectivity index is 0.844. The molecule has 12 heterocycles. The van der Waals surface area contributed by atoms with Gasteiger partial charge in [-0.2, -0.15) is 15.0 Å². The van der Waals surface area contributed by atoms with Crippen molar-refractivity contribution >= 4 is 89.2 Å². The SMILES string of the molecule is CC[C@H]1O[C@@H](n2cc(C)c(=O)[nH]c2=O)C[C@H]1OP([O-])(=S)OC[C@H]1O[C@@H](n2cc(C)c(=O)[nH]c2=O)C(OCCOC)[C@H]1OP(=O)([O-])OC[C@H]1O[C@@H](n2cc(C)c(N)nc2=O)C(OCCOC)[C@H]1OP(=O)([O-])OC[C@H]1O[C@@H](n2cc(C)c(N)nc2=O)C(OCCOC)[C@H]1OP(=O)([S-])OC[C@H]1O[C@@H](n2cc(C)c(=O)[nH]c2=O)C(OCCOC)[C@H]1OP([O-])(=S)OC[C@H]1O[C@@H](n2cc(C)c(N)nc2=O)C(OCCOC)[C@H]1O. The Morgan fingerprint density at radius 1 is 0.387 bits per heavy atom. The van der Waals surface area contributed by atoms with Crippen LogP contribution in [0.25, 0.3) is 0 Å². The summed E-state index contributed by atoms with van der Waals surface area (Å²) in [6, 6.07) is 0. The van der Waals surface area contributed by atoms with Crippen molar-refractivity contribution in [2.75, 3.05) is 152 Å². The number of aliphatic hydroxyl groups excluding tert-OH is 1. The number of ether oxygens (including phenoxy) is 16. The summed E-state index contributed by atoms with van der Waals surface area (Å²) in [5.74, 6) is -0.663. The maximum absolute atomic E-state index is 15.5. The topological polar surface area (TPSA) is 751 Å². The molecule has 6 aliphatic rings. The standard InChI is InChI=1S/C76H114N15O43P5S3/c1-13-42-43(24-49(124-42)86-28-39(5)63(93)83-74(86)99)130-137(106,140)122-34-47-52(57(116-21-16-111-10)68(128-47)90-29-40(6)64(94)84-75(90)100)132-135(102,103)119-32-45-51(56(115-20-15-110-9)67(126-45)88-26-37(3)61(78)81-72(88)97)131-136(104,105)120-33-46-53(58(117-22-17-112-11)69(127-46)89-27-38(4)62(79)82-73(89)98)133-139(108,142)123-35-48-54(59(118-23-18-113-12)70(129-48)91-30-41(7)65(95)85-76(91)101)134-138(107,141)121-31-44-50(92)55(114-19-14-109-8)66(125-44)87-25-36(2)60(77)80-71(87)96/h25-30,42-59,66-70,92H,13-24,31-35H2,1-12H3,(H,102,103)(H,104,105)(H,106,140)(H,107,141)(H,108,142)(H2,77,80,96)(H2,78,81,97)(H2,79,82,98)(H,83,93,99)(H,84,94,100)(H,85,95,101)/p-5/t42-,43-,44-,45-,46-,47-,48-,49-,50+,51+,52+,53+,54+,55?,56?,57?,58?,59?,66-,67-,68-,69-,70-,137?,138?,139?/m1/s1. The third-order valence-electron chi connectivity index (χ3n) is 22.9. The van der Waals surface area contributed by atoms with E-state index in [9.17, 15) is 67.5 Å². The number of aromatic amines is 3. The second-order valence-electron chi connectivity index (χ2n) is 32.8. The molecule has 6 aromatic rings. The molecule has 794 valence electrons. The van der Waals surface area contributed by atoms with Gasteiger partial charge in [-0.1, -0.05) is 30.5 Å². The Bertz CT molecular complexity index is 6220. The van der Waals surface area contributed by atoms with Gasteiger partial charge < -0.3 is 175 Å². The van der Waals surface area contributed by atoms with Crippen LogP contribution in [0.15, 0.2) is 80.3 Å². The average molecular weight is 2170 g/mol. The van der Waals surface area contributed by atoms with Crippen LogP contribution in [0.2, 0.25) is 0 Å². The number of anilines is 3. The van der Waals surface area contributed by atoms with Crippen molar-refractivity contribution in [1.82, 2.24) is 57.3 Å². The number of hydrogen-bond acceptors (Lipinski definition) is 52. The molecule has 6 aromatic heterocycles. The van der Waals surface area contributed by atoms with E-state index in [1.807, 2.05) is 0 Å². The molecule has 6 saturated heterocycles. The fourth-order valence-electron chi connectivity index (χ4n) is 15.8. The number of hydrogen-bond donors (Lipinski definition) is 7. The van der Waals surface area contributed by atoms with Crippen molar-refractivity contribution in [3.05, 3.63) is 165 Å². The van der Waals surface area contributed by atoms with E-state index in [2.05, 4.69) is 29.9 Å². The second kappa shape index (κ2) is 49.5. The summed E-state index contributed by atoms with van der Waals surface area (Å²) in [6.45, 7) is -13.7. The van der Waals surface area contributed by atoms with Crippen LogP contribution in [0.3, 0.4) is 0 Å². The number of nitrogens with zero attached hydrogens (tertiary/aromatic N) is 9. The summed E-state index contributed by atoms with van der Waals surface area (Å²) in [6.07, 6.45) is -33.0. The molecule has 0 bridgehead atoms. The summed E-state index contributed by atoms with van der Waals surface area (Å²) in [5.41, 5.74) is 10.0. The van der Waals surface area contributed by atoms with Gasteiger partial charge in [0, 0.05) is 113 Å². The minimum Gasteiger partial charge on any atom is -0.780 e. The lowest BCUT2D eigenvalue weighted by atomic mass is 10.1. The molecule has 0 aromatic carbocycles. The number of phosphoric ester groups is 2. The number of rotatable bonds is 52. The Morgan fingerprint density at radius 3 is 1.04 bits per heavy atom. The highest BCUT2D eigenvalue weighted by molar-refractivity contribution is 8.32. The largest absolute Gasteiger partial charge is 0.780 e. The molecular weight excluding hydrogens is 2060 g/mol. The number of phosphoric acid groups is 2. The highest BCUT2D eigenvalue weighted by Gasteiger charge is 2.57. The molecule has 6 fully saturated rings. The van der Waals surface area contributed by atoms with Crippen LogP contribution in [0.5, 0.6) is 0 Å². The van der Waals surface area contributed by atoms with Gasteiger partial charge in [0.15, 0.2) is 37.9 Å². The summed E-state index contributed by atoms with van der Waals surface area (Å²) >= 11 is 16.5. The van der Waals surface area contributed by atoms with E-state index < -0.39 is 281 Å². The first kappa shape index (κ1) is 114. The van der Waals surface area contributed by atoms with Gasteiger partial charge in [-0.25, -0.2) is 28.8 Å². The van der Waals surface area contributed by atoms with E-state index in [4.69, 9.17) is 174 Å². The number of aromatic nitrogens is 12. The fraction of sp³-hybridized carbons (Fsp3) is 0.684. The minimum absolute atomic E-state index is 0.00809. The summed E-state index contributed by atoms with van der Waals surface area (Å²) in [7, 11) is -5.92.